The van der Waals surface area contributed by atoms with Gasteiger partial charge in [-0.25, -0.2) is 4.39 Å². The van der Waals surface area contributed by atoms with Gasteiger partial charge in [-0.05, 0) is 35.4 Å². The Bertz CT molecular complexity index is 997. The van der Waals surface area contributed by atoms with Crippen LogP contribution in [-0.4, -0.2) is 47.6 Å². The van der Waals surface area contributed by atoms with Crippen LogP contribution < -0.4 is 4.74 Å². The molecule has 5 nitrogen and oxygen atoms in total. The Morgan fingerprint density at radius 1 is 1.00 bits per heavy atom. The quantitative estimate of drug-likeness (QED) is 0.518. The topological polar surface area (TPSA) is 54.3 Å². The van der Waals surface area contributed by atoms with Crippen molar-refractivity contribution in [3.63, 3.8) is 0 Å². The molecule has 1 heterocycles. The summed E-state index contributed by atoms with van der Waals surface area (Å²) in [4.78, 5) is 7.79. The van der Waals surface area contributed by atoms with Crippen LogP contribution in [0.5, 0.6) is 5.75 Å². The number of aliphatic hydroxyl groups excluding tert-OH is 1. The third-order valence-corrected chi connectivity index (χ3v) is 5.28. The van der Waals surface area contributed by atoms with Gasteiger partial charge in [0.1, 0.15) is 30.4 Å². The Balaban J connectivity index is 1.36. The third-order valence-electron chi connectivity index (χ3n) is 5.28. The lowest BCUT2D eigenvalue weighted by molar-refractivity contribution is 0.0213. The lowest BCUT2D eigenvalue weighted by Crippen LogP contribution is -2.39. The average molecular weight is 435 g/mol. The number of hydrogen-bond acceptors (Lipinski definition) is 5. The molecule has 32 heavy (non-hydrogen) atoms. The number of halogens is 1. The van der Waals surface area contributed by atoms with E-state index >= 15 is 0 Å². The predicted octanol–water partition coefficient (Wildman–Crippen LogP) is 4.26. The van der Waals surface area contributed by atoms with Gasteiger partial charge in [-0.3, -0.25) is 4.90 Å². The Hall–Kier alpha value is -3.22. The zero-order chi connectivity index (χ0) is 22.2. The number of benzene rings is 3. The van der Waals surface area contributed by atoms with Crippen molar-refractivity contribution in [2.75, 3.05) is 19.7 Å². The average Bonchev–Trinajstić information content (AvgIpc) is 3.29. The SMILES string of the molecule is OC(COc1ccccc1)CN(Cc1ccc(F)cc1)CC1CC(c2ccccc2)=NO1. The van der Waals surface area contributed by atoms with E-state index in [-0.39, 0.29) is 18.5 Å². The maximum atomic E-state index is 13.3. The molecule has 0 saturated heterocycles. The molecule has 166 valence electrons. The molecule has 0 radical (unpaired) electrons. The van der Waals surface area contributed by atoms with Crippen LogP contribution in [0.25, 0.3) is 0 Å². The molecular weight excluding hydrogens is 407 g/mol. The molecule has 6 heteroatoms. The van der Waals surface area contributed by atoms with E-state index in [1.807, 2.05) is 60.7 Å². The molecule has 0 aromatic heterocycles. The third kappa shape index (κ3) is 6.39. The van der Waals surface area contributed by atoms with Crippen LogP contribution in [0.4, 0.5) is 4.39 Å². The lowest BCUT2D eigenvalue weighted by Gasteiger charge is -2.27. The van der Waals surface area contributed by atoms with Gasteiger partial charge in [-0.2, -0.15) is 0 Å². The van der Waals surface area contributed by atoms with E-state index < -0.39 is 6.10 Å². The largest absolute Gasteiger partial charge is 0.491 e. The van der Waals surface area contributed by atoms with E-state index in [1.165, 1.54) is 12.1 Å². The summed E-state index contributed by atoms with van der Waals surface area (Å²) in [5.74, 6) is 0.452. The summed E-state index contributed by atoms with van der Waals surface area (Å²) in [6, 6.07) is 25.8. The van der Waals surface area contributed by atoms with Gasteiger partial charge in [0.2, 0.25) is 0 Å². The highest BCUT2D eigenvalue weighted by Gasteiger charge is 2.26. The first-order chi connectivity index (χ1) is 15.7. The van der Waals surface area contributed by atoms with Gasteiger partial charge in [0.25, 0.3) is 0 Å². The molecule has 3 aromatic carbocycles. The Labute approximate surface area is 187 Å². The molecule has 0 amide bonds. The summed E-state index contributed by atoms with van der Waals surface area (Å²) < 4.78 is 19.0. The highest BCUT2D eigenvalue weighted by molar-refractivity contribution is 6.01. The monoisotopic (exact) mass is 434 g/mol. The summed E-state index contributed by atoms with van der Waals surface area (Å²) in [5.41, 5.74) is 2.94. The van der Waals surface area contributed by atoms with E-state index in [4.69, 9.17) is 9.57 Å². The first-order valence-corrected chi connectivity index (χ1v) is 10.8. The van der Waals surface area contributed by atoms with Crippen LogP contribution in [0, 0.1) is 5.82 Å². The minimum absolute atomic E-state index is 0.118. The molecule has 0 spiro atoms. The first-order valence-electron chi connectivity index (χ1n) is 10.8. The number of nitrogens with zero attached hydrogens (tertiary/aromatic N) is 2. The van der Waals surface area contributed by atoms with Crippen molar-refractivity contribution in [2.45, 2.75) is 25.2 Å². The van der Waals surface area contributed by atoms with Crippen LogP contribution in [0.3, 0.4) is 0 Å². The van der Waals surface area contributed by atoms with Crippen LogP contribution in [0.2, 0.25) is 0 Å². The van der Waals surface area contributed by atoms with Gasteiger partial charge in [0.15, 0.2) is 0 Å². The van der Waals surface area contributed by atoms with Crippen molar-refractivity contribution < 1.29 is 19.1 Å². The molecule has 1 aliphatic rings. The van der Waals surface area contributed by atoms with Crippen molar-refractivity contribution in [2.24, 2.45) is 5.16 Å². The summed E-state index contributed by atoms with van der Waals surface area (Å²) in [5, 5.41) is 14.9. The fourth-order valence-electron chi connectivity index (χ4n) is 3.73. The second-order valence-electron chi connectivity index (χ2n) is 7.93. The van der Waals surface area contributed by atoms with Crippen molar-refractivity contribution >= 4 is 5.71 Å². The maximum absolute atomic E-state index is 13.3. The Morgan fingerprint density at radius 3 is 2.41 bits per heavy atom. The molecule has 0 fully saturated rings. The second-order valence-corrected chi connectivity index (χ2v) is 7.93. The van der Waals surface area contributed by atoms with Gasteiger partial charge < -0.3 is 14.7 Å². The van der Waals surface area contributed by atoms with E-state index in [2.05, 4.69) is 10.1 Å². The van der Waals surface area contributed by atoms with Gasteiger partial charge in [-0.15, -0.1) is 0 Å². The summed E-state index contributed by atoms with van der Waals surface area (Å²) in [6.45, 7) is 1.72. The standard InChI is InChI=1S/C26H27FN2O3/c27-22-13-11-20(12-14-22)16-29(17-23(30)19-31-24-9-5-2-6-10-24)18-25-15-26(28-32-25)21-7-3-1-4-8-21/h1-14,23,25,30H,15-19H2. The van der Waals surface area contributed by atoms with Gasteiger partial charge in [0.05, 0.1) is 5.71 Å². The van der Waals surface area contributed by atoms with Crippen molar-refractivity contribution in [3.8, 4) is 5.75 Å². The van der Waals surface area contributed by atoms with E-state index in [1.54, 1.807) is 12.1 Å². The molecule has 1 aliphatic heterocycles. The van der Waals surface area contributed by atoms with Crippen molar-refractivity contribution in [3.05, 3.63) is 102 Å². The number of hydrogen-bond donors (Lipinski definition) is 1. The van der Waals surface area contributed by atoms with Gasteiger partial charge >= 0.3 is 0 Å². The Morgan fingerprint density at radius 2 is 1.69 bits per heavy atom. The molecular formula is C26H27FN2O3. The normalized spacial score (nSPS) is 16.5. The number of oxime groups is 1. The van der Waals surface area contributed by atoms with E-state index in [9.17, 15) is 9.50 Å². The molecule has 0 aliphatic carbocycles. The highest BCUT2D eigenvalue weighted by atomic mass is 19.1. The summed E-state index contributed by atoms with van der Waals surface area (Å²) >= 11 is 0. The van der Waals surface area contributed by atoms with Gasteiger partial charge in [0, 0.05) is 26.1 Å². The van der Waals surface area contributed by atoms with Crippen LogP contribution >= 0.6 is 0 Å². The predicted molar refractivity (Wildman–Crippen MR) is 122 cm³/mol. The summed E-state index contributed by atoms with van der Waals surface area (Å²) in [6.07, 6.45) is -0.111. The smallest absolute Gasteiger partial charge is 0.145 e. The molecule has 4 rings (SSSR count). The lowest BCUT2D eigenvalue weighted by atomic mass is 10.0. The number of para-hydroxylation sites is 1. The van der Waals surface area contributed by atoms with Crippen LogP contribution in [0.1, 0.15) is 17.5 Å². The number of rotatable bonds is 10. The molecule has 2 unspecified atom stereocenters. The molecule has 1 N–H and O–H groups in total. The molecule has 0 saturated carbocycles. The zero-order valence-corrected chi connectivity index (χ0v) is 17.8. The Kier molecular flexibility index (Phi) is 7.48. The number of ether oxygens (including phenoxy) is 1. The van der Waals surface area contributed by atoms with Crippen LogP contribution in [-0.2, 0) is 11.4 Å². The molecule has 0 bridgehead atoms. The maximum Gasteiger partial charge on any atom is 0.145 e. The van der Waals surface area contributed by atoms with Crippen molar-refractivity contribution in [1.29, 1.82) is 0 Å². The number of aliphatic hydroxyl groups is 1. The van der Waals surface area contributed by atoms with Gasteiger partial charge in [-0.1, -0.05) is 65.8 Å². The minimum atomic E-state index is -0.688. The fourth-order valence-corrected chi connectivity index (χ4v) is 3.73. The first kappa shape index (κ1) is 22.0. The molecule has 3 aromatic rings. The zero-order valence-electron chi connectivity index (χ0n) is 17.8. The minimum Gasteiger partial charge on any atom is -0.491 e. The fraction of sp³-hybridized carbons (Fsp3) is 0.269. The van der Waals surface area contributed by atoms with E-state index in [0.29, 0.717) is 26.1 Å². The van der Waals surface area contributed by atoms with Crippen molar-refractivity contribution in [1.82, 2.24) is 4.90 Å². The van der Waals surface area contributed by atoms with E-state index in [0.717, 1.165) is 22.6 Å². The second kappa shape index (κ2) is 10.9. The molecule has 2 atom stereocenters. The van der Waals surface area contributed by atoms with Crippen LogP contribution in [0.15, 0.2) is 90.1 Å². The summed E-state index contributed by atoms with van der Waals surface area (Å²) in [7, 11) is 0. The highest BCUT2D eigenvalue weighted by Crippen LogP contribution is 2.19.